The topological polar surface area (TPSA) is 17.1 Å². The predicted molar refractivity (Wildman–Crippen MR) is 70.0 cm³/mol. The van der Waals surface area contributed by atoms with Gasteiger partial charge in [0.1, 0.15) is 0 Å². The first kappa shape index (κ1) is 11.0. The number of carbonyl (C=O) groups is 1. The molecule has 0 N–H and O–H groups in total. The molecule has 2 atom stereocenters. The first-order chi connectivity index (χ1) is 7.68. The monoisotopic (exact) mass is 298 g/mol. The minimum atomic E-state index is 0.358. The van der Waals surface area contributed by atoms with Crippen molar-refractivity contribution in [2.45, 2.75) is 32.6 Å². The van der Waals surface area contributed by atoms with Crippen LogP contribution in [0.5, 0.6) is 0 Å². The van der Waals surface area contributed by atoms with Gasteiger partial charge in [0.25, 0.3) is 0 Å². The molecule has 0 aromatic carbocycles. The molecule has 1 heterocycles. The van der Waals surface area contributed by atoms with Crippen molar-refractivity contribution in [3.05, 3.63) is 20.3 Å². The number of halogens is 1. The van der Waals surface area contributed by atoms with Gasteiger partial charge in [-0.3, -0.25) is 4.79 Å². The number of ketones is 1. The third-order valence-corrected chi connectivity index (χ3v) is 5.95. The van der Waals surface area contributed by atoms with E-state index in [9.17, 15) is 4.79 Å². The molecule has 2 aliphatic rings. The Morgan fingerprint density at radius 3 is 2.50 bits per heavy atom. The van der Waals surface area contributed by atoms with E-state index in [0.717, 1.165) is 21.2 Å². The Morgan fingerprint density at radius 2 is 2.00 bits per heavy atom. The first-order valence-electron chi connectivity index (χ1n) is 5.98. The van der Waals surface area contributed by atoms with Gasteiger partial charge in [-0.1, -0.05) is 12.8 Å². The first-order valence-corrected chi connectivity index (χ1v) is 7.59. The number of fused-ring (bicyclic) bond motifs is 1. The van der Waals surface area contributed by atoms with Crippen molar-refractivity contribution in [3.8, 4) is 0 Å². The van der Waals surface area contributed by atoms with Gasteiger partial charge in [0.2, 0.25) is 0 Å². The Morgan fingerprint density at radius 1 is 1.38 bits per heavy atom. The van der Waals surface area contributed by atoms with Crippen molar-refractivity contribution in [1.29, 1.82) is 0 Å². The van der Waals surface area contributed by atoms with Gasteiger partial charge in [0.15, 0.2) is 5.78 Å². The molecule has 86 valence electrons. The second-order valence-corrected chi connectivity index (χ2v) is 7.15. The Labute approximate surface area is 108 Å². The van der Waals surface area contributed by atoms with E-state index >= 15 is 0 Å². The molecule has 0 radical (unpaired) electrons. The fraction of sp³-hybridized carbons (Fsp3) is 0.615. The predicted octanol–water partition coefficient (Wildman–Crippen LogP) is 4.44. The van der Waals surface area contributed by atoms with E-state index in [-0.39, 0.29) is 0 Å². The summed E-state index contributed by atoms with van der Waals surface area (Å²) in [4.78, 5) is 14.6. The van der Waals surface area contributed by atoms with Crippen molar-refractivity contribution in [3.63, 3.8) is 0 Å². The average molecular weight is 299 g/mol. The van der Waals surface area contributed by atoms with Crippen LogP contribution in [0.4, 0.5) is 0 Å². The molecule has 3 rings (SSSR count). The summed E-state index contributed by atoms with van der Waals surface area (Å²) in [6, 6.07) is 2.06. The van der Waals surface area contributed by atoms with Crippen LogP contribution in [-0.4, -0.2) is 5.78 Å². The highest BCUT2D eigenvalue weighted by Crippen LogP contribution is 2.57. The fourth-order valence-corrected chi connectivity index (χ4v) is 5.01. The van der Waals surface area contributed by atoms with Crippen molar-refractivity contribution < 1.29 is 4.79 Å². The number of Topliss-reactive ketones (excluding diaryl/α,β-unsaturated/α-hetero) is 1. The van der Waals surface area contributed by atoms with Crippen molar-refractivity contribution in [2.75, 3.05) is 0 Å². The van der Waals surface area contributed by atoms with E-state index in [1.54, 1.807) is 11.3 Å². The molecule has 3 heteroatoms. The zero-order chi connectivity index (χ0) is 11.3. The minimum Gasteiger partial charge on any atom is -0.293 e. The molecular weight excluding hydrogens is 284 g/mol. The smallest absolute Gasteiger partial charge is 0.177 e. The van der Waals surface area contributed by atoms with E-state index in [2.05, 4.69) is 28.9 Å². The van der Waals surface area contributed by atoms with E-state index < -0.39 is 0 Å². The molecule has 0 amide bonds. The quantitative estimate of drug-likeness (QED) is 0.738. The highest BCUT2D eigenvalue weighted by molar-refractivity contribution is 9.10. The lowest BCUT2D eigenvalue weighted by Gasteiger charge is -2.04. The van der Waals surface area contributed by atoms with Crippen LogP contribution < -0.4 is 0 Å². The lowest BCUT2D eigenvalue weighted by atomic mass is 10.0. The van der Waals surface area contributed by atoms with Gasteiger partial charge in [-0.15, -0.1) is 11.3 Å². The Balaban J connectivity index is 1.81. The van der Waals surface area contributed by atoms with Crippen LogP contribution in [0.1, 0.15) is 40.2 Å². The summed E-state index contributed by atoms with van der Waals surface area (Å²) < 4.78 is 1.00. The second kappa shape index (κ2) is 3.95. The summed E-state index contributed by atoms with van der Waals surface area (Å²) in [6.45, 7) is 2.06. The van der Waals surface area contributed by atoms with Gasteiger partial charge >= 0.3 is 0 Å². The van der Waals surface area contributed by atoms with Crippen LogP contribution in [0.2, 0.25) is 0 Å². The molecule has 0 saturated heterocycles. The van der Waals surface area contributed by atoms with Gasteiger partial charge in [0.05, 0.1) is 4.88 Å². The molecule has 0 spiro atoms. The van der Waals surface area contributed by atoms with Gasteiger partial charge in [-0.2, -0.15) is 0 Å². The number of aryl methyl sites for hydroxylation is 1. The van der Waals surface area contributed by atoms with Crippen LogP contribution in [-0.2, 0) is 0 Å². The van der Waals surface area contributed by atoms with Crippen LogP contribution in [0.15, 0.2) is 10.5 Å². The third kappa shape index (κ3) is 1.68. The summed E-state index contributed by atoms with van der Waals surface area (Å²) in [7, 11) is 0. The summed E-state index contributed by atoms with van der Waals surface area (Å²) in [5.41, 5.74) is 0. The number of carbonyl (C=O) groups excluding carboxylic acids is 1. The lowest BCUT2D eigenvalue weighted by Crippen LogP contribution is -2.02. The van der Waals surface area contributed by atoms with Crippen LogP contribution in [0, 0.1) is 24.7 Å². The number of rotatable bonds is 2. The maximum Gasteiger partial charge on any atom is 0.177 e. The Kier molecular flexibility index (Phi) is 2.71. The molecule has 2 fully saturated rings. The highest BCUT2D eigenvalue weighted by Gasteiger charge is 2.55. The van der Waals surface area contributed by atoms with Crippen LogP contribution in [0.3, 0.4) is 0 Å². The Bertz CT molecular complexity index is 425. The molecule has 0 aliphatic heterocycles. The van der Waals surface area contributed by atoms with E-state index in [4.69, 9.17) is 0 Å². The molecule has 1 aromatic heterocycles. The molecule has 2 aliphatic carbocycles. The zero-order valence-corrected chi connectivity index (χ0v) is 11.7. The minimum absolute atomic E-state index is 0.358. The van der Waals surface area contributed by atoms with Crippen molar-refractivity contribution in [1.82, 2.24) is 0 Å². The summed E-state index contributed by atoms with van der Waals surface area (Å²) in [5.74, 6) is 2.20. The van der Waals surface area contributed by atoms with E-state index in [1.807, 2.05) is 0 Å². The molecular formula is C13H15BrOS. The maximum atomic E-state index is 12.4. The second-order valence-electron chi connectivity index (χ2n) is 5.04. The number of hydrogen-bond acceptors (Lipinski definition) is 2. The molecule has 1 nitrogen and oxygen atoms in total. The summed E-state index contributed by atoms with van der Waals surface area (Å²) in [5, 5.41) is 0. The maximum absolute atomic E-state index is 12.4. The third-order valence-electron chi connectivity index (χ3n) is 3.99. The molecule has 16 heavy (non-hydrogen) atoms. The summed E-state index contributed by atoms with van der Waals surface area (Å²) in [6.07, 6.45) is 5.22. The van der Waals surface area contributed by atoms with Crippen LogP contribution in [0.25, 0.3) is 0 Å². The van der Waals surface area contributed by atoms with Gasteiger partial charge in [-0.05, 0) is 53.6 Å². The lowest BCUT2D eigenvalue weighted by molar-refractivity contribution is 0.0959. The summed E-state index contributed by atoms with van der Waals surface area (Å²) >= 11 is 5.14. The number of hydrogen-bond donors (Lipinski definition) is 0. The standard InChI is InChI=1S/C13H15BrOS/c1-7-6-10(14)13(16-7)12(15)11-8-4-2-3-5-9(8)11/h6,8-9,11H,2-5H2,1H3. The van der Waals surface area contributed by atoms with E-state index in [0.29, 0.717) is 11.7 Å². The van der Waals surface area contributed by atoms with Gasteiger partial charge in [0, 0.05) is 15.3 Å². The van der Waals surface area contributed by atoms with E-state index in [1.165, 1.54) is 30.6 Å². The highest BCUT2D eigenvalue weighted by atomic mass is 79.9. The SMILES string of the molecule is Cc1cc(Br)c(C(=O)C2C3CCCCC32)s1. The van der Waals surface area contributed by atoms with Crippen molar-refractivity contribution >= 4 is 33.0 Å². The van der Waals surface area contributed by atoms with Gasteiger partial charge in [-0.25, -0.2) is 0 Å². The molecule has 0 bridgehead atoms. The average Bonchev–Trinajstić information content (AvgIpc) is 2.89. The fourth-order valence-electron chi connectivity index (χ4n) is 3.18. The Hall–Kier alpha value is -0.150. The van der Waals surface area contributed by atoms with Gasteiger partial charge < -0.3 is 0 Å². The zero-order valence-electron chi connectivity index (χ0n) is 9.33. The molecule has 2 unspecified atom stereocenters. The largest absolute Gasteiger partial charge is 0.293 e. The van der Waals surface area contributed by atoms with Crippen LogP contribution >= 0.6 is 27.3 Å². The van der Waals surface area contributed by atoms with Crippen molar-refractivity contribution in [2.24, 2.45) is 17.8 Å². The molecule has 2 saturated carbocycles. The molecule has 1 aromatic rings. The normalized spacial score (nSPS) is 32.2. The number of thiophene rings is 1.